The Kier molecular flexibility index (Phi) is 7.05. The molecule has 1 fully saturated rings. The summed E-state index contributed by atoms with van der Waals surface area (Å²) in [7, 11) is 0. The molecule has 2 amide bonds. The lowest BCUT2D eigenvalue weighted by Gasteiger charge is -2.30. The van der Waals surface area contributed by atoms with Gasteiger partial charge >= 0.3 is 6.09 Å². The third-order valence-electron chi connectivity index (χ3n) is 4.32. The van der Waals surface area contributed by atoms with E-state index >= 15 is 0 Å². The molecule has 1 atom stereocenters. The van der Waals surface area contributed by atoms with Crippen LogP contribution in [0.4, 0.5) is 4.79 Å². The number of hydrogen-bond donors (Lipinski definition) is 2. The predicted molar refractivity (Wildman–Crippen MR) is 103 cm³/mol. The normalized spacial score (nSPS) is 21.1. The van der Waals surface area contributed by atoms with Crippen LogP contribution >= 0.6 is 0 Å². The quantitative estimate of drug-likeness (QED) is 0.823. The van der Waals surface area contributed by atoms with Gasteiger partial charge in [0.25, 0.3) is 0 Å². The van der Waals surface area contributed by atoms with Crippen molar-refractivity contribution in [3.63, 3.8) is 0 Å². The second-order valence-corrected chi connectivity index (χ2v) is 8.14. The second kappa shape index (κ2) is 9.06. The second-order valence-electron chi connectivity index (χ2n) is 8.14. The molecular formula is C20H31N3O4. The van der Waals surface area contributed by atoms with Crippen LogP contribution in [0, 0.1) is 6.92 Å². The van der Waals surface area contributed by atoms with E-state index in [1.54, 1.807) is 33.9 Å². The van der Waals surface area contributed by atoms with Gasteiger partial charge in [-0.1, -0.05) is 6.07 Å². The number of nitrogens with one attached hydrogen (secondary N) is 2. The number of nitrogens with zero attached hydrogens (tertiary/aromatic N) is 1. The van der Waals surface area contributed by atoms with Crippen molar-refractivity contribution in [3.8, 4) is 5.88 Å². The van der Waals surface area contributed by atoms with Gasteiger partial charge < -0.3 is 20.1 Å². The monoisotopic (exact) mass is 377 g/mol. The maximum atomic E-state index is 12.3. The number of aryl methyl sites for hydroxylation is 1. The molecular weight excluding hydrogens is 346 g/mol. The van der Waals surface area contributed by atoms with E-state index in [2.05, 4.69) is 15.6 Å². The predicted octanol–water partition coefficient (Wildman–Crippen LogP) is 3.11. The minimum atomic E-state index is -0.648. The van der Waals surface area contributed by atoms with Crippen LogP contribution in [0.5, 0.6) is 5.88 Å². The maximum absolute atomic E-state index is 12.3. The minimum absolute atomic E-state index is 0.0891. The Hall–Kier alpha value is -2.31. The first kappa shape index (κ1) is 21.0. The number of alkyl carbamates (subject to hydrolysis) is 1. The SMILES string of the molecule is Cc1ccc(OC2CCC(NC(=O)C(C)NC(=O)OC(C)(C)C)CC2)nc1. The molecule has 1 aromatic heterocycles. The fraction of sp³-hybridized carbons (Fsp3) is 0.650. The molecule has 2 rings (SSSR count). The first-order valence-electron chi connectivity index (χ1n) is 9.51. The number of rotatable bonds is 5. The van der Waals surface area contributed by atoms with Gasteiger partial charge in [0.15, 0.2) is 0 Å². The Balaban J connectivity index is 1.72. The zero-order valence-electron chi connectivity index (χ0n) is 16.9. The van der Waals surface area contributed by atoms with Gasteiger partial charge in [-0.2, -0.15) is 0 Å². The number of aromatic nitrogens is 1. The molecule has 0 aromatic carbocycles. The summed E-state index contributed by atoms with van der Waals surface area (Å²) in [5.41, 5.74) is 0.508. The summed E-state index contributed by atoms with van der Waals surface area (Å²) < 4.78 is 11.1. The maximum Gasteiger partial charge on any atom is 0.408 e. The lowest BCUT2D eigenvalue weighted by molar-refractivity contribution is -0.123. The van der Waals surface area contributed by atoms with Gasteiger partial charge in [-0.05, 0) is 65.9 Å². The lowest BCUT2D eigenvalue weighted by atomic mass is 9.92. The molecule has 1 unspecified atom stereocenters. The van der Waals surface area contributed by atoms with Gasteiger partial charge in [-0.25, -0.2) is 9.78 Å². The van der Waals surface area contributed by atoms with E-state index in [1.165, 1.54) is 0 Å². The molecule has 1 saturated carbocycles. The summed E-state index contributed by atoms with van der Waals surface area (Å²) in [4.78, 5) is 28.3. The molecule has 0 spiro atoms. The summed E-state index contributed by atoms with van der Waals surface area (Å²) in [5.74, 6) is 0.439. The Morgan fingerprint density at radius 2 is 1.85 bits per heavy atom. The van der Waals surface area contributed by atoms with Crippen LogP contribution in [-0.4, -0.2) is 40.8 Å². The smallest absolute Gasteiger partial charge is 0.408 e. The fourth-order valence-corrected chi connectivity index (χ4v) is 2.90. The van der Waals surface area contributed by atoms with Crippen LogP contribution in [0.15, 0.2) is 18.3 Å². The molecule has 1 aliphatic rings. The molecule has 0 radical (unpaired) electrons. The average molecular weight is 377 g/mol. The number of carbonyl (C=O) groups excluding carboxylic acids is 2. The standard InChI is InChI=1S/C20H31N3O4/c1-13-6-11-17(21-12-13)26-16-9-7-15(8-10-16)23-18(24)14(2)22-19(25)27-20(3,4)5/h6,11-12,14-16H,7-10H2,1-5H3,(H,22,25)(H,23,24). The summed E-state index contributed by atoms with van der Waals surface area (Å²) in [6, 6.07) is 3.30. The molecule has 27 heavy (non-hydrogen) atoms. The van der Waals surface area contributed by atoms with E-state index in [0.717, 1.165) is 31.2 Å². The van der Waals surface area contributed by atoms with E-state index in [-0.39, 0.29) is 18.1 Å². The molecule has 0 aliphatic heterocycles. The van der Waals surface area contributed by atoms with E-state index < -0.39 is 17.7 Å². The van der Waals surface area contributed by atoms with Gasteiger partial charge in [-0.15, -0.1) is 0 Å². The fourth-order valence-electron chi connectivity index (χ4n) is 2.90. The highest BCUT2D eigenvalue weighted by molar-refractivity contribution is 5.85. The van der Waals surface area contributed by atoms with Gasteiger partial charge in [0, 0.05) is 18.3 Å². The van der Waals surface area contributed by atoms with Crippen molar-refractivity contribution in [2.75, 3.05) is 0 Å². The lowest BCUT2D eigenvalue weighted by Crippen LogP contribution is -2.50. The van der Waals surface area contributed by atoms with Crippen molar-refractivity contribution >= 4 is 12.0 Å². The third-order valence-corrected chi connectivity index (χ3v) is 4.32. The van der Waals surface area contributed by atoms with E-state index in [9.17, 15) is 9.59 Å². The van der Waals surface area contributed by atoms with Crippen LogP contribution in [0.25, 0.3) is 0 Å². The highest BCUT2D eigenvalue weighted by atomic mass is 16.6. The largest absolute Gasteiger partial charge is 0.474 e. The first-order chi connectivity index (χ1) is 12.6. The molecule has 7 heteroatoms. The Labute approximate surface area is 161 Å². The molecule has 150 valence electrons. The van der Waals surface area contributed by atoms with Gasteiger partial charge in [0.2, 0.25) is 11.8 Å². The van der Waals surface area contributed by atoms with Crippen LogP contribution in [-0.2, 0) is 9.53 Å². The van der Waals surface area contributed by atoms with Crippen molar-refractivity contribution < 1.29 is 19.1 Å². The minimum Gasteiger partial charge on any atom is -0.474 e. The number of hydrogen-bond acceptors (Lipinski definition) is 5. The highest BCUT2D eigenvalue weighted by Crippen LogP contribution is 2.23. The van der Waals surface area contributed by atoms with Crippen LogP contribution in [0.1, 0.15) is 58.9 Å². The Morgan fingerprint density at radius 3 is 2.41 bits per heavy atom. The van der Waals surface area contributed by atoms with Crippen LogP contribution in [0.2, 0.25) is 0 Å². The zero-order chi connectivity index (χ0) is 20.0. The van der Waals surface area contributed by atoms with Gasteiger partial charge in [-0.3, -0.25) is 4.79 Å². The molecule has 0 saturated heterocycles. The van der Waals surface area contributed by atoms with Crippen molar-refractivity contribution in [2.24, 2.45) is 0 Å². The summed E-state index contributed by atoms with van der Waals surface area (Å²) in [5, 5.41) is 5.56. The third kappa shape index (κ3) is 7.45. The highest BCUT2D eigenvalue weighted by Gasteiger charge is 2.26. The van der Waals surface area contributed by atoms with Crippen molar-refractivity contribution in [1.82, 2.24) is 15.6 Å². The Bertz CT molecular complexity index is 632. The molecule has 1 heterocycles. The number of amides is 2. The van der Waals surface area contributed by atoms with Crippen molar-refractivity contribution in [2.45, 2.75) is 84.1 Å². The topological polar surface area (TPSA) is 89.6 Å². The summed E-state index contributed by atoms with van der Waals surface area (Å²) in [6.07, 6.45) is 4.70. The van der Waals surface area contributed by atoms with Crippen molar-refractivity contribution in [1.29, 1.82) is 0 Å². The summed E-state index contributed by atoms with van der Waals surface area (Å²) in [6.45, 7) is 8.98. The molecule has 0 bridgehead atoms. The van der Waals surface area contributed by atoms with Crippen LogP contribution < -0.4 is 15.4 Å². The van der Waals surface area contributed by atoms with Gasteiger partial charge in [0.1, 0.15) is 17.7 Å². The molecule has 1 aromatic rings. The molecule has 2 N–H and O–H groups in total. The van der Waals surface area contributed by atoms with Gasteiger partial charge in [0.05, 0.1) is 0 Å². The molecule has 1 aliphatic carbocycles. The molecule has 7 nitrogen and oxygen atoms in total. The number of ether oxygens (including phenoxy) is 2. The Morgan fingerprint density at radius 1 is 1.19 bits per heavy atom. The van der Waals surface area contributed by atoms with E-state index in [1.807, 2.05) is 19.1 Å². The van der Waals surface area contributed by atoms with E-state index in [0.29, 0.717) is 5.88 Å². The average Bonchev–Trinajstić information content (AvgIpc) is 2.57. The van der Waals surface area contributed by atoms with Crippen molar-refractivity contribution in [3.05, 3.63) is 23.9 Å². The summed E-state index contributed by atoms with van der Waals surface area (Å²) >= 11 is 0. The number of pyridine rings is 1. The zero-order valence-corrected chi connectivity index (χ0v) is 16.9. The first-order valence-corrected chi connectivity index (χ1v) is 9.51. The van der Waals surface area contributed by atoms with E-state index in [4.69, 9.17) is 9.47 Å². The number of carbonyl (C=O) groups is 2. The van der Waals surface area contributed by atoms with Crippen LogP contribution in [0.3, 0.4) is 0 Å².